The zero-order valence-corrected chi connectivity index (χ0v) is 21.3. The Bertz CT molecular complexity index is 727. The van der Waals surface area contributed by atoms with Crippen LogP contribution in [0.1, 0.15) is 51.2 Å². The number of carbonyl (C=O) groups is 1. The van der Waals surface area contributed by atoms with Crippen molar-refractivity contribution in [2.45, 2.75) is 64.8 Å². The fourth-order valence-corrected chi connectivity index (χ4v) is 3.38. The topological polar surface area (TPSA) is 68.8 Å². The molecule has 2 unspecified atom stereocenters. The number of alkyl halides is 3. The number of benzene rings is 1. The minimum Gasteiger partial charge on any atom is -0.357 e. The molecule has 2 atom stereocenters. The van der Waals surface area contributed by atoms with Crippen LogP contribution in [0.2, 0.25) is 0 Å². The molecule has 1 heterocycles. The van der Waals surface area contributed by atoms with Crippen LogP contribution in [-0.4, -0.2) is 55.0 Å². The first kappa shape index (κ1) is 28.5. The van der Waals surface area contributed by atoms with Crippen molar-refractivity contribution in [2.24, 2.45) is 4.99 Å². The van der Waals surface area contributed by atoms with Gasteiger partial charge in [0, 0.05) is 44.7 Å². The summed E-state index contributed by atoms with van der Waals surface area (Å²) in [6.45, 7) is 9.35. The number of amides is 1. The minimum absolute atomic E-state index is 0. The normalized spacial score (nSPS) is 18.1. The average molecular weight is 569 g/mol. The molecule has 32 heavy (non-hydrogen) atoms. The Labute approximate surface area is 205 Å². The third-order valence-corrected chi connectivity index (χ3v) is 5.27. The highest BCUT2D eigenvalue weighted by Crippen LogP contribution is 2.29. The smallest absolute Gasteiger partial charge is 0.357 e. The van der Waals surface area contributed by atoms with E-state index in [2.05, 4.69) is 25.8 Å². The second kappa shape index (κ2) is 13.9. The van der Waals surface area contributed by atoms with Gasteiger partial charge in [0.25, 0.3) is 0 Å². The van der Waals surface area contributed by atoms with Gasteiger partial charge >= 0.3 is 6.18 Å². The molecule has 1 amide bonds. The maximum Gasteiger partial charge on any atom is 0.416 e. The van der Waals surface area contributed by atoms with Gasteiger partial charge in [-0.05, 0) is 44.4 Å². The van der Waals surface area contributed by atoms with Crippen molar-refractivity contribution in [3.05, 3.63) is 35.4 Å². The van der Waals surface area contributed by atoms with Crippen LogP contribution in [-0.2, 0) is 17.5 Å². The van der Waals surface area contributed by atoms with E-state index in [0.717, 1.165) is 43.6 Å². The van der Waals surface area contributed by atoms with Gasteiger partial charge in [0.05, 0.1) is 12.1 Å². The highest BCUT2D eigenvalue weighted by molar-refractivity contribution is 14.0. The number of guanidine groups is 1. The molecule has 1 aromatic carbocycles. The van der Waals surface area contributed by atoms with Crippen LogP contribution < -0.4 is 16.0 Å². The van der Waals surface area contributed by atoms with Crippen molar-refractivity contribution in [1.29, 1.82) is 0 Å². The van der Waals surface area contributed by atoms with Crippen molar-refractivity contribution in [3.8, 4) is 0 Å². The molecule has 0 radical (unpaired) electrons. The van der Waals surface area contributed by atoms with E-state index in [0.29, 0.717) is 32.0 Å². The number of nitrogens with one attached hydrogen (secondary N) is 3. The zero-order valence-electron chi connectivity index (χ0n) is 19.0. The molecule has 0 aliphatic carbocycles. The van der Waals surface area contributed by atoms with Crippen LogP contribution >= 0.6 is 24.0 Å². The van der Waals surface area contributed by atoms with Gasteiger partial charge in [-0.3, -0.25) is 14.7 Å². The van der Waals surface area contributed by atoms with Gasteiger partial charge in [-0.2, -0.15) is 13.2 Å². The Morgan fingerprint density at radius 1 is 1.25 bits per heavy atom. The van der Waals surface area contributed by atoms with E-state index in [9.17, 15) is 18.0 Å². The number of halogens is 4. The lowest BCUT2D eigenvalue weighted by Crippen LogP contribution is -2.44. The maximum absolute atomic E-state index is 12.7. The van der Waals surface area contributed by atoms with Crippen molar-refractivity contribution < 1.29 is 18.0 Å². The third kappa shape index (κ3) is 9.93. The molecule has 0 bridgehead atoms. The van der Waals surface area contributed by atoms with Crippen molar-refractivity contribution in [3.63, 3.8) is 0 Å². The summed E-state index contributed by atoms with van der Waals surface area (Å²) in [6, 6.07) is 5.71. The highest BCUT2D eigenvalue weighted by Gasteiger charge is 2.30. The number of hydrogen-bond acceptors (Lipinski definition) is 3. The highest BCUT2D eigenvalue weighted by atomic mass is 127. The summed E-state index contributed by atoms with van der Waals surface area (Å²) in [7, 11) is 0. The zero-order chi connectivity index (χ0) is 22.9. The van der Waals surface area contributed by atoms with Crippen molar-refractivity contribution in [1.82, 2.24) is 20.9 Å². The summed E-state index contributed by atoms with van der Waals surface area (Å²) < 4.78 is 38.1. The monoisotopic (exact) mass is 569 g/mol. The largest absolute Gasteiger partial charge is 0.416 e. The van der Waals surface area contributed by atoms with Crippen molar-refractivity contribution >= 4 is 35.8 Å². The van der Waals surface area contributed by atoms with Crippen LogP contribution in [0.3, 0.4) is 0 Å². The number of likely N-dealkylation sites (tertiary alicyclic amines) is 1. The Kier molecular flexibility index (Phi) is 12.3. The molecule has 1 aromatic rings. The van der Waals surface area contributed by atoms with Gasteiger partial charge in [-0.1, -0.05) is 19.1 Å². The van der Waals surface area contributed by atoms with E-state index >= 15 is 0 Å². The Morgan fingerprint density at radius 3 is 2.53 bits per heavy atom. The number of rotatable bonds is 9. The van der Waals surface area contributed by atoms with Gasteiger partial charge in [-0.15, -0.1) is 24.0 Å². The minimum atomic E-state index is -4.31. The van der Waals surface area contributed by atoms with Crippen LogP contribution in [0.5, 0.6) is 0 Å². The number of nitrogens with zero attached hydrogens (tertiary/aromatic N) is 2. The lowest BCUT2D eigenvalue weighted by atomic mass is 10.1. The summed E-state index contributed by atoms with van der Waals surface area (Å²) in [4.78, 5) is 18.6. The first-order chi connectivity index (χ1) is 14.7. The van der Waals surface area contributed by atoms with Crippen LogP contribution in [0.25, 0.3) is 0 Å². The van der Waals surface area contributed by atoms with Gasteiger partial charge in [0.15, 0.2) is 5.96 Å². The molecule has 0 aromatic heterocycles. The molecule has 0 saturated carbocycles. The maximum atomic E-state index is 12.7. The second-order valence-electron chi connectivity index (χ2n) is 7.95. The molecule has 1 saturated heterocycles. The predicted octanol–water partition coefficient (Wildman–Crippen LogP) is 3.76. The van der Waals surface area contributed by atoms with Crippen LogP contribution in [0.4, 0.5) is 13.2 Å². The molecule has 1 aliphatic heterocycles. The Balaban J connectivity index is 0.00000512. The van der Waals surface area contributed by atoms with Gasteiger partial charge < -0.3 is 16.0 Å². The first-order valence-electron chi connectivity index (χ1n) is 10.9. The van der Waals surface area contributed by atoms with E-state index in [1.54, 1.807) is 12.1 Å². The van der Waals surface area contributed by atoms with Gasteiger partial charge in [-0.25, -0.2) is 0 Å². The molecule has 3 N–H and O–H groups in total. The van der Waals surface area contributed by atoms with Crippen LogP contribution in [0.15, 0.2) is 29.3 Å². The number of aliphatic imine (C=N–C) groups is 1. The summed E-state index contributed by atoms with van der Waals surface area (Å²) in [5.74, 6) is 0.678. The summed E-state index contributed by atoms with van der Waals surface area (Å²) in [5.41, 5.74) is 0.239. The molecular formula is C22H35F3IN5O. The standard InChI is InChI=1S/C22H34F3N5O.HI/c1-4-16(3)28-20(31)10-12-27-21(26-5-2)29-19-11-13-30(15-19)14-17-6-8-18(9-7-17)22(23,24)25;/h6-9,16,19H,4-5,10-15H2,1-3H3,(H,28,31)(H2,26,27,29);1H. The lowest BCUT2D eigenvalue weighted by Gasteiger charge is -2.19. The second-order valence-corrected chi connectivity index (χ2v) is 7.95. The molecule has 6 nitrogen and oxygen atoms in total. The van der Waals surface area contributed by atoms with E-state index < -0.39 is 11.7 Å². The molecule has 10 heteroatoms. The first-order valence-corrected chi connectivity index (χ1v) is 10.9. The summed E-state index contributed by atoms with van der Waals surface area (Å²) in [6.07, 6.45) is -2.16. The third-order valence-electron chi connectivity index (χ3n) is 5.27. The molecule has 2 rings (SSSR count). The summed E-state index contributed by atoms with van der Waals surface area (Å²) in [5, 5.41) is 9.54. The molecule has 0 spiro atoms. The van der Waals surface area contributed by atoms with Gasteiger partial charge in [0.1, 0.15) is 0 Å². The number of carbonyl (C=O) groups excluding carboxylic acids is 1. The summed E-state index contributed by atoms with van der Waals surface area (Å²) >= 11 is 0. The van der Waals surface area contributed by atoms with Gasteiger partial charge in [0.2, 0.25) is 5.91 Å². The lowest BCUT2D eigenvalue weighted by molar-refractivity contribution is -0.137. The average Bonchev–Trinajstić information content (AvgIpc) is 3.14. The van der Waals surface area contributed by atoms with Crippen LogP contribution in [0, 0.1) is 0 Å². The predicted molar refractivity (Wildman–Crippen MR) is 132 cm³/mol. The van der Waals surface area contributed by atoms with E-state index in [4.69, 9.17) is 0 Å². The molecule has 1 aliphatic rings. The number of hydrogen-bond donors (Lipinski definition) is 3. The Hall–Kier alpha value is -1.56. The quantitative estimate of drug-likeness (QED) is 0.241. The van der Waals surface area contributed by atoms with E-state index in [1.807, 2.05) is 20.8 Å². The fourth-order valence-electron chi connectivity index (χ4n) is 3.38. The molecular weight excluding hydrogens is 534 g/mol. The van der Waals surface area contributed by atoms with E-state index in [1.165, 1.54) is 0 Å². The Morgan fingerprint density at radius 2 is 1.94 bits per heavy atom. The molecule has 1 fully saturated rings. The SMILES string of the molecule is CCNC(=NCCC(=O)NC(C)CC)NC1CCN(Cc2ccc(C(F)(F)F)cc2)C1.I. The molecule has 182 valence electrons. The fraction of sp³-hybridized carbons (Fsp3) is 0.636. The van der Waals surface area contributed by atoms with E-state index in [-0.39, 0.29) is 42.0 Å². The van der Waals surface area contributed by atoms with Crippen molar-refractivity contribution in [2.75, 3.05) is 26.2 Å².